The molecule has 0 atom stereocenters. The molecule has 27 heavy (non-hydrogen) atoms. The van der Waals surface area contributed by atoms with E-state index in [2.05, 4.69) is 15.3 Å². The summed E-state index contributed by atoms with van der Waals surface area (Å²) in [6.07, 6.45) is 3.61. The molecule has 2 aromatic carbocycles. The quantitative estimate of drug-likeness (QED) is 0.539. The molecule has 0 bridgehead atoms. The molecular weight excluding hydrogens is 340 g/mol. The maximum absolute atomic E-state index is 5.48. The predicted octanol–water partition coefficient (Wildman–Crippen LogP) is 4.01. The van der Waals surface area contributed by atoms with Gasteiger partial charge in [-0.25, -0.2) is 4.68 Å². The highest BCUT2D eigenvalue weighted by atomic mass is 16.5. The molecule has 4 aromatic rings. The van der Waals surface area contributed by atoms with Crippen LogP contribution in [0, 0.1) is 0 Å². The first-order chi connectivity index (χ1) is 13.3. The predicted molar refractivity (Wildman–Crippen MR) is 103 cm³/mol. The molecule has 0 aliphatic rings. The highest BCUT2D eigenvalue weighted by Crippen LogP contribution is 2.33. The lowest BCUT2D eigenvalue weighted by Gasteiger charge is -2.11. The lowest BCUT2D eigenvalue weighted by Crippen LogP contribution is -1.95. The van der Waals surface area contributed by atoms with Gasteiger partial charge >= 0.3 is 0 Å². The average Bonchev–Trinajstić information content (AvgIpc) is 3.24. The summed E-state index contributed by atoms with van der Waals surface area (Å²) < 4.78 is 12.5. The zero-order valence-corrected chi connectivity index (χ0v) is 15.0. The van der Waals surface area contributed by atoms with Crippen molar-refractivity contribution in [3.63, 3.8) is 0 Å². The fraction of sp³-hybridized carbons (Fsp3) is 0.0952. The molecule has 0 aliphatic carbocycles. The largest absolute Gasteiger partial charge is 0.497 e. The summed E-state index contributed by atoms with van der Waals surface area (Å²) in [5.74, 6) is 1.58. The van der Waals surface area contributed by atoms with Crippen molar-refractivity contribution in [2.45, 2.75) is 0 Å². The van der Waals surface area contributed by atoms with Gasteiger partial charge in [0.1, 0.15) is 17.2 Å². The third-order valence-corrected chi connectivity index (χ3v) is 4.27. The van der Waals surface area contributed by atoms with Gasteiger partial charge in [0.05, 0.1) is 31.8 Å². The Balaban J connectivity index is 1.65. The Bertz CT molecular complexity index is 1040. The molecule has 2 aromatic heterocycles. The summed E-state index contributed by atoms with van der Waals surface area (Å²) in [6.45, 7) is 0. The van der Waals surface area contributed by atoms with E-state index >= 15 is 0 Å². The van der Waals surface area contributed by atoms with Crippen molar-refractivity contribution in [2.24, 2.45) is 0 Å². The number of rotatable bonds is 5. The third kappa shape index (κ3) is 3.37. The van der Waals surface area contributed by atoms with Crippen LogP contribution < -0.4 is 9.47 Å². The number of methoxy groups -OCH3 is 2. The van der Waals surface area contributed by atoms with Crippen molar-refractivity contribution >= 4 is 0 Å². The Morgan fingerprint density at radius 3 is 2.41 bits per heavy atom. The normalized spacial score (nSPS) is 10.6. The maximum atomic E-state index is 5.48. The molecule has 0 unspecified atom stereocenters. The molecule has 0 spiro atoms. The van der Waals surface area contributed by atoms with Gasteiger partial charge in [0.15, 0.2) is 0 Å². The summed E-state index contributed by atoms with van der Waals surface area (Å²) in [7, 11) is 3.31. The summed E-state index contributed by atoms with van der Waals surface area (Å²) in [4.78, 5) is 4.30. The lowest BCUT2D eigenvalue weighted by atomic mass is 10.0. The lowest BCUT2D eigenvalue weighted by molar-refractivity contribution is 0.404. The number of hydrogen-bond acceptors (Lipinski definition) is 5. The van der Waals surface area contributed by atoms with Crippen LogP contribution in [0.5, 0.6) is 11.5 Å². The third-order valence-electron chi connectivity index (χ3n) is 4.27. The molecule has 0 N–H and O–H groups in total. The fourth-order valence-corrected chi connectivity index (χ4v) is 2.86. The van der Waals surface area contributed by atoms with E-state index in [1.165, 1.54) is 0 Å². The molecule has 0 fully saturated rings. The molecule has 0 aliphatic heterocycles. The van der Waals surface area contributed by atoms with Gasteiger partial charge in [0.2, 0.25) is 0 Å². The molecule has 0 saturated heterocycles. The van der Waals surface area contributed by atoms with E-state index in [9.17, 15) is 0 Å². The maximum Gasteiger partial charge on any atom is 0.131 e. The van der Waals surface area contributed by atoms with Crippen LogP contribution in [0.25, 0.3) is 28.2 Å². The highest BCUT2D eigenvalue weighted by Gasteiger charge is 2.10. The van der Waals surface area contributed by atoms with Crippen molar-refractivity contribution < 1.29 is 9.47 Å². The monoisotopic (exact) mass is 358 g/mol. The number of aromatic nitrogens is 4. The Kier molecular flexibility index (Phi) is 4.53. The molecular formula is C21H18N4O2. The van der Waals surface area contributed by atoms with Gasteiger partial charge in [-0.05, 0) is 48.0 Å². The first-order valence-electron chi connectivity index (χ1n) is 8.45. The number of benzene rings is 2. The summed E-state index contributed by atoms with van der Waals surface area (Å²) in [6, 6.07) is 19.5. The Hall–Kier alpha value is -3.67. The standard InChI is InChI=1S/C21H18N4O2/c1-26-17-10-11-21(27-2)18(13-17)15-6-8-16(9-7-15)25-14-20(23-24-25)19-5-3-4-12-22-19/h3-14H,1-2H3. The number of pyridine rings is 1. The number of ether oxygens (including phenoxy) is 2. The zero-order chi connectivity index (χ0) is 18.6. The fourth-order valence-electron chi connectivity index (χ4n) is 2.86. The molecule has 2 heterocycles. The van der Waals surface area contributed by atoms with Gasteiger partial charge in [-0.1, -0.05) is 23.4 Å². The molecule has 134 valence electrons. The molecule has 0 saturated carbocycles. The van der Waals surface area contributed by atoms with Crippen LogP contribution in [0.1, 0.15) is 0 Å². The Morgan fingerprint density at radius 1 is 0.852 bits per heavy atom. The van der Waals surface area contributed by atoms with Crippen molar-refractivity contribution in [3.8, 4) is 39.7 Å². The SMILES string of the molecule is COc1ccc(OC)c(-c2ccc(-n3cc(-c4ccccn4)nn3)cc2)c1. The Labute approximate surface area is 157 Å². The van der Waals surface area contributed by atoms with Gasteiger partial charge in [-0.15, -0.1) is 5.10 Å². The van der Waals surface area contributed by atoms with E-state index in [1.807, 2.05) is 66.9 Å². The van der Waals surface area contributed by atoms with Crippen molar-refractivity contribution in [2.75, 3.05) is 14.2 Å². The van der Waals surface area contributed by atoms with E-state index in [4.69, 9.17) is 9.47 Å². The second-order valence-electron chi connectivity index (χ2n) is 5.88. The van der Waals surface area contributed by atoms with E-state index in [0.717, 1.165) is 39.7 Å². The van der Waals surface area contributed by atoms with Crippen LogP contribution in [0.4, 0.5) is 0 Å². The molecule has 0 amide bonds. The average molecular weight is 358 g/mol. The molecule has 0 radical (unpaired) electrons. The van der Waals surface area contributed by atoms with Crippen LogP contribution in [-0.2, 0) is 0 Å². The van der Waals surface area contributed by atoms with E-state index in [0.29, 0.717) is 0 Å². The smallest absolute Gasteiger partial charge is 0.131 e. The minimum absolute atomic E-state index is 0.731. The minimum Gasteiger partial charge on any atom is -0.497 e. The second-order valence-corrected chi connectivity index (χ2v) is 5.88. The van der Waals surface area contributed by atoms with Crippen LogP contribution in [0.2, 0.25) is 0 Å². The van der Waals surface area contributed by atoms with Crippen molar-refractivity contribution in [1.82, 2.24) is 20.0 Å². The van der Waals surface area contributed by atoms with Gasteiger partial charge in [-0.3, -0.25) is 4.98 Å². The van der Waals surface area contributed by atoms with Gasteiger partial charge in [-0.2, -0.15) is 0 Å². The van der Waals surface area contributed by atoms with Gasteiger partial charge < -0.3 is 9.47 Å². The zero-order valence-electron chi connectivity index (χ0n) is 15.0. The molecule has 6 nitrogen and oxygen atoms in total. The van der Waals surface area contributed by atoms with Gasteiger partial charge in [0, 0.05) is 11.8 Å². The van der Waals surface area contributed by atoms with Crippen LogP contribution in [-0.4, -0.2) is 34.2 Å². The first kappa shape index (κ1) is 16.8. The number of nitrogens with zero attached hydrogens (tertiary/aromatic N) is 4. The molecule has 4 rings (SSSR count). The minimum atomic E-state index is 0.731. The van der Waals surface area contributed by atoms with Crippen LogP contribution >= 0.6 is 0 Å². The van der Waals surface area contributed by atoms with Crippen molar-refractivity contribution in [1.29, 1.82) is 0 Å². The van der Waals surface area contributed by atoms with Crippen LogP contribution in [0.3, 0.4) is 0 Å². The van der Waals surface area contributed by atoms with Gasteiger partial charge in [0.25, 0.3) is 0 Å². The highest BCUT2D eigenvalue weighted by molar-refractivity contribution is 5.72. The molecule has 6 heteroatoms. The first-order valence-corrected chi connectivity index (χ1v) is 8.45. The van der Waals surface area contributed by atoms with E-state index < -0.39 is 0 Å². The van der Waals surface area contributed by atoms with Crippen molar-refractivity contribution in [3.05, 3.63) is 73.1 Å². The van der Waals surface area contributed by atoms with Crippen LogP contribution in [0.15, 0.2) is 73.1 Å². The second kappa shape index (κ2) is 7.29. The summed E-state index contributed by atoms with van der Waals surface area (Å²) >= 11 is 0. The van der Waals surface area contributed by atoms with E-state index in [1.54, 1.807) is 25.1 Å². The topological polar surface area (TPSA) is 62.1 Å². The summed E-state index contributed by atoms with van der Waals surface area (Å²) in [5.41, 5.74) is 4.43. The van der Waals surface area contributed by atoms with E-state index in [-0.39, 0.29) is 0 Å². The number of hydrogen-bond donors (Lipinski definition) is 0. The summed E-state index contributed by atoms with van der Waals surface area (Å²) in [5, 5.41) is 8.42. The Morgan fingerprint density at radius 2 is 1.70 bits per heavy atom.